The van der Waals surface area contributed by atoms with Gasteiger partial charge in [-0.05, 0) is 49.4 Å². The number of hydrogen-bond donors (Lipinski definition) is 1. The Morgan fingerprint density at radius 2 is 2.30 bits per heavy atom. The van der Waals surface area contributed by atoms with E-state index in [1.807, 2.05) is 17.9 Å². The highest BCUT2D eigenvalue weighted by Gasteiger charge is 2.21. The Hall–Kier alpha value is -1.55. The van der Waals surface area contributed by atoms with E-state index >= 15 is 0 Å². The summed E-state index contributed by atoms with van der Waals surface area (Å²) in [4.78, 5) is 0. The third-order valence-corrected chi connectivity index (χ3v) is 4.07. The van der Waals surface area contributed by atoms with Gasteiger partial charge >= 0.3 is 0 Å². The molecular formula is C16H24N4. The standard InChI is InChI=1S/C16H24N4/c1-3-8-17-16-6-4-5-13-10-20(12-15(13)16)11-14-7-9-19(2)18-14/h7,9-10,12,16-17H,3-6,8,11H2,1-2H3. The van der Waals surface area contributed by atoms with Gasteiger partial charge in [0.1, 0.15) is 0 Å². The fourth-order valence-electron chi connectivity index (χ4n) is 3.10. The van der Waals surface area contributed by atoms with Gasteiger partial charge in [0, 0.05) is 31.7 Å². The topological polar surface area (TPSA) is 34.8 Å². The van der Waals surface area contributed by atoms with Crippen molar-refractivity contribution < 1.29 is 0 Å². The van der Waals surface area contributed by atoms with Crippen LogP contribution in [0.3, 0.4) is 0 Å². The summed E-state index contributed by atoms with van der Waals surface area (Å²) in [6, 6.07) is 2.63. The first-order valence-corrected chi connectivity index (χ1v) is 7.66. The zero-order valence-corrected chi connectivity index (χ0v) is 12.5. The number of rotatable bonds is 5. The molecule has 2 aromatic heterocycles. The van der Waals surface area contributed by atoms with Crippen LogP contribution in [-0.4, -0.2) is 20.9 Å². The molecule has 0 spiro atoms. The van der Waals surface area contributed by atoms with Crippen molar-refractivity contribution in [3.63, 3.8) is 0 Å². The van der Waals surface area contributed by atoms with Gasteiger partial charge in [0.15, 0.2) is 0 Å². The summed E-state index contributed by atoms with van der Waals surface area (Å²) < 4.78 is 4.16. The molecule has 0 aromatic carbocycles. The molecule has 2 aromatic rings. The molecule has 0 saturated heterocycles. The molecule has 3 rings (SSSR count). The van der Waals surface area contributed by atoms with Crippen LogP contribution in [0.4, 0.5) is 0 Å². The molecule has 1 unspecified atom stereocenters. The van der Waals surface area contributed by atoms with Gasteiger partial charge in [-0.2, -0.15) is 5.10 Å². The average molecular weight is 272 g/mol. The number of aryl methyl sites for hydroxylation is 2. The monoisotopic (exact) mass is 272 g/mol. The van der Waals surface area contributed by atoms with Gasteiger partial charge in [0.2, 0.25) is 0 Å². The SMILES string of the molecule is CCCNC1CCCc2cn(Cc3ccn(C)n3)cc21. The van der Waals surface area contributed by atoms with Crippen molar-refractivity contribution >= 4 is 0 Å². The highest BCUT2D eigenvalue weighted by atomic mass is 15.3. The molecule has 1 atom stereocenters. The van der Waals surface area contributed by atoms with E-state index in [0.29, 0.717) is 6.04 Å². The largest absolute Gasteiger partial charge is 0.348 e. The molecule has 0 amide bonds. The third-order valence-electron chi connectivity index (χ3n) is 4.07. The second-order valence-corrected chi connectivity index (χ2v) is 5.79. The Bertz CT molecular complexity index is 567. The maximum absolute atomic E-state index is 4.46. The lowest BCUT2D eigenvalue weighted by atomic mass is 9.91. The minimum absolute atomic E-state index is 0.545. The van der Waals surface area contributed by atoms with Crippen molar-refractivity contribution in [1.82, 2.24) is 19.7 Å². The second-order valence-electron chi connectivity index (χ2n) is 5.79. The van der Waals surface area contributed by atoms with Gasteiger partial charge in [-0.25, -0.2) is 0 Å². The number of aromatic nitrogens is 3. The molecule has 4 nitrogen and oxygen atoms in total. The lowest BCUT2D eigenvalue weighted by molar-refractivity contribution is 0.462. The van der Waals surface area contributed by atoms with E-state index < -0.39 is 0 Å². The van der Waals surface area contributed by atoms with E-state index in [1.54, 1.807) is 0 Å². The van der Waals surface area contributed by atoms with Crippen molar-refractivity contribution in [3.05, 3.63) is 41.5 Å². The zero-order valence-electron chi connectivity index (χ0n) is 12.5. The van der Waals surface area contributed by atoms with Gasteiger partial charge in [-0.3, -0.25) is 4.68 Å². The van der Waals surface area contributed by atoms with E-state index in [9.17, 15) is 0 Å². The second kappa shape index (κ2) is 5.83. The molecule has 4 heteroatoms. The normalized spacial score (nSPS) is 18.2. The third kappa shape index (κ3) is 2.80. The van der Waals surface area contributed by atoms with Gasteiger partial charge in [-0.1, -0.05) is 6.92 Å². The molecule has 0 saturated carbocycles. The minimum atomic E-state index is 0.545. The molecule has 2 heterocycles. The summed E-state index contributed by atoms with van der Waals surface area (Å²) in [6.45, 7) is 4.20. The number of nitrogens with one attached hydrogen (secondary N) is 1. The Kier molecular flexibility index (Phi) is 3.92. The van der Waals surface area contributed by atoms with Crippen LogP contribution in [0.2, 0.25) is 0 Å². The van der Waals surface area contributed by atoms with Crippen LogP contribution in [0.25, 0.3) is 0 Å². The predicted molar refractivity (Wildman–Crippen MR) is 80.7 cm³/mol. The molecule has 0 radical (unpaired) electrons. The molecule has 1 N–H and O–H groups in total. The van der Waals surface area contributed by atoms with Crippen LogP contribution >= 0.6 is 0 Å². The maximum atomic E-state index is 4.46. The lowest BCUT2D eigenvalue weighted by Crippen LogP contribution is -2.24. The lowest BCUT2D eigenvalue weighted by Gasteiger charge is -2.23. The van der Waals surface area contributed by atoms with Crippen LogP contribution < -0.4 is 5.32 Å². The number of hydrogen-bond acceptors (Lipinski definition) is 2. The van der Waals surface area contributed by atoms with E-state index in [4.69, 9.17) is 0 Å². The highest BCUT2D eigenvalue weighted by molar-refractivity contribution is 5.30. The van der Waals surface area contributed by atoms with Gasteiger partial charge in [-0.15, -0.1) is 0 Å². The fourth-order valence-corrected chi connectivity index (χ4v) is 3.10. The molecule has 1 aliphatic rings. The summed E-state index contributed by atoms with van der Waals surface area (Å²) in [5.41, 5.74) is 4.14. The molecule has 108 valence electrons. The zero-order chi connectivity index (χ0) is 13.9. The molecular weight excluding hydrogens is 248 g/mol. The van der Waals surface area contributed by atoms with E-state index in [1.165, 1.54) is 36.8 Å². The fraction of sp³-hybridized carbons (Fsp3) is 0.562. The van der Waals surface area contributed by atoms with Crippen LogP contribution in [-0.2, 0) is 20.0 Å². The number of nitrogens with zero attached hydrogens (tertiary/aromatic N) is 3. The van der Waals surface area contributed by atoms with Crippen LogP contribution in [0.5, 0.6) is 0 Å². The van der Waals surface area contributed by atoms with Crippen molar-refractivity contribution in [2.45, 2.75) is 45.2 Å². The van der Waals surface area contributed by atoms with Crippen molar-refractivity contribution in [3.8, 4) is 0 Å². The van der Waals surface area contributed by atoms with Crippen molar-refractivity contribution in [2.24, 2.45) is 7.05 Å². The Morgan fingerprint density at radius 3 is 3.05 bits per heavy atom. The molecule has 1 aliphatic carbocycles. The average Bonchev–Trinajstić information content (AvgIpc) is 3.02. The maximum Gasteiger partial charge on any atom is 0.0821 e. The van der Waals surface area contributed by atoms with E-state index in [-0.39, 0.29) is 0 Å². The van der Waals surface area contributed by atoms with Crippen molar-refractivity contribution in [2.75, 3.05) is 6.54 Å². The quantitative estimate of drug-likeness (QED) is 0.908. The van der Waals surface area contributed by atoms with Gasteiger partial charge < -0.3 is 9.88 Å². The van der Waals surface area contributed by atoms with E-state index in [0.717, 1.165) is 18.8 Å². The first kappa shape index (κ1) is 13.4. The molecule has 0 fully saturated rings. The first-order chi connectivity index (χ1) is 9.76. The molecule has 20 heavy (non-hydrogen) atoms. The number of fused-ring (bicyclic) bond motifs is 1. The summed E-state index contributed by atoms with van der Waals surface area (Å²) in [7, 11) is 1.97. The van der Waals surface area contributed by atoms with Crippen molar-refractivity contribution in [1.29, 1.82) is 0 Å². The van der Waals surface area contributed by atoms with Gasteiger partial charge in [0.25, 0.3) is 0 Å². The first-order valence-electron chi connectivity index (χ1n) is 7.66. The summed E-state index contributed by atoms with van der Waals surface area (Å²) in [5, 5.41) is 8.14. The molecule has 0 bridgehead atoms. The highest BCUT2D eigenvalue weighted by Crippen LogP contribution is 2.30. The van der Waals surface area contributed by atoms with Crippen LogP contribution in [0.15, 0.2) is 24.7 Å². The predicted octanol–water partition coefficient (Wildman–Crippen LogP) is 2.65. The summed E-state index contributed by atoms with van der Waals surface area (Å²) in [5.74, 6) is 0. The summed E-state index contributed by atoms with van der Waals surface area (Å²) in [6.07, 6.45) is 11.6. The van der Waals surface area contributed by atoms with Crippen LogP contribution in [0.1, 0.15) is 49.0 Å². The summed E-state index contributed by atoms with van der Waals surface area (Å²) >= 11 is 0. The Morgan fingerprint density at radius 1 is 1.40 bits per heavy atom. The minimum Gasteiger partial charge on any atom is -0.348 e. The van der Waals surface area contributed by atoms with Crippen LogP contribution in [0, 0.1) is 0 Å². The Labute approximate surface area is 120 Å². The smallest absolute Gasteiger partial charge is 0.0821 e. The molecule has 0 aliphatic heterocycles. The van der Waals surface area contributed by atoms with Gasteiger partial charge in [0.05, 0.1) is 12.2 Å². The Balaban J connectivity index is 1.76. The van der Waals surface area contributed by atoms with E-state index in [2.05, 4.69) is 40.4 Å².